The van der Waals surface area contributed by atoms with Gasteiger partial charge in [-0.05, 0) is 56.5 Å². The number of fused-ring (bicyclic) bond motifs is 1. The van der Waals surface area contributed by atoms with Crippen LogP contribution >= 0.6 is 27.7 Å². The van der Waals surface area contributed by atoms with Crippen LogP contribution in [-0.4, -0.2) is 0 Å². The Bertz CT molecular complexity index is 755. The van der Waals surface area contributed by atoms with Gasteiger partial charge in [0.15, 0.2) is 0 Å². The number of benzene rings is 3. The van der Waals surface area contributed by atoms with Crippen molar-refractivity contribution >= 4 is 38.5 Å². The van der Waals surface area contributed by atoms with Crippen molar-refractivity contribution in [2.45, 2.75) is 16.3 Å². The van der Waals surface area contributed by atoms with Crippen molar-refractivity contribution < 1.29 is 0 Å². The van der Waals surface area contributed by atoms with Crippen molar-refractivity contribution in [3.05, 3.63) is 70.7 Å². The largest absolute Gasteiger partial charge is 0.326 e. The molecule has 100 valence electrons. The van der Waals surface area contributed by atoms with Gasteiger partial charge < -0.3 is 5.73 Å². The van der Waals surface area contributed by atoms with E-state index in [1.165, 1.54) is 20.6 Å². The minimum absolute atomic E-state index is 0.569. The van der Waals surface area contributed by atoms with E-state index in [9.17, 15) is 0 Å². The standard InChI is InChI=1S/C17H14BrNS/c18-16-9-12(11-19)5-8-17(16)20-15-7-6-13-3-1-2-4-14(13)10-15/h1-10H,11,19H2. The molecule has 2 N–H and O–H groups in total. The van der Waals surface area contributed by atoms with Gasteiger partial charge in [-0.2, -0.15) is 0 Å². The lowest BCUT2D eigenvalue weighted by Gasteiger charge is -2.07. The highest BCUT2D eigenvalue weighted by Crippen LogP contribution is 2.35. The lowest BCUT2D eigenvalue weighted by Crippen LogP contribution is -1.95. The number of hydrogen-bond acceptors (Lipinski definition) is 2. The molecule has 0 unspecified atom stereocenters. The van der Waals surface area contributed by atoms with Gasteiger partial charge >= 0.3 is 0 Å². The zero-order chi connectivity index (χ0) is 13.9. The summed E-state index contributed by atoms with van der Waals surface area (Å²) in [6.45, 7) is 0.569. The van der Waals surface area contributed by atoms with Crippen LogP contribution in [0.25, 0.3) is 10.8 Å². The Kier molecular flexibility index (Phi) is 4.10. The first-order chi connectivity index (χ1) is 9.76. The topological polar surface area (TPSA) is 26.0 Å². The summed E-state index contributed by atoms with van der Waals surface area (Å²) in [5, 5.41) is 2.54. The summed E-state index contributed by atoms with van der Waals surface area (Å²) >= 11 is 5.38. The molecule has 0 fully saturated rings. The Morgan fingerprint density at radius 1 is 0.900 bits per heavy atom. The Morgan fingerprint density at radius 2 is 1.70 bits per heavy atom. The van der Waals surface area contributed by atoms with Gasteiger partial charge in [-0.1, -0.05) is 48.2 Å². The summed E-state index contributed by atoms with van der Waals surface area (Å²) < 4.78 is 1.10. The summed E-state index contributed by atoms with van der Waals surface area (Å²) in [6.07, 6.45) is 0. The van der Waals surface area contributed by atoms with E-state index in [0.29, 0.717) is 6.54 Å². The third kappa shape index (κ3) is 2.90. The van der Waals surface area contributed by atoms with E-state index < -0.39 is 0 Å². The molecule has 0 saturated carbocycles. The van der Waals surface area contributed by atoms with Gasteiger partial charge in [0.1, 0.15) is 0 Å². The molecule has 0 aliphatic carbocycles. The van der Waals surface area contributed by atoms with Crippen molar-refractivity contribution in [1.29, 1.82) is 0 Å². The predicted octanol–water partition coefficient (Wildman–Crippen LogP) is 5.21. The minimum Gasteiger partial charge on any atom is -0.326 e. The van der Waals surface area contributed by atoms with Gasteiger partial charge in [0.05, 0.1) is 0 Å². The molecule has 0 heterocycles. The average Bonchev–Trinajstić information content (AvgIpc) is 2.49. The van der Waals surface area contributed by atoms with E-state index in [1.54, 1.807) is 11.8 Å². The van der Waals surface area contributed by atoms with Gasteiger partial charge in [0, 0.05) is 20.8 Å². The second kappa shape index (κ2) is 6.00. The Labute approximate surface area is 131 Å². The second-order valence-corrected chi connectivity index (χ2v) is 6.55. The summed E-state index contributed by atoms with van der Waals surface area (Å²) in [5.41, 5.74) is 6.79. The quantitative estimate of drug-likeness (QED) is 0.706. The molecule has 0 spiro atoms. The van der Waals surface area contributed by atoms with Gasteiger partial charge in [-0.3, -0.25) is 0 Å². The van der Waals surface area contributed by atoms with E-state index in [4.69, 9.17) is 5.73 Å². The number of rotatable bonds is 3. The maximum Gasteiger partial charge on any atom is 0.0318 e. The molecular formula is C17H14BrNS. The van der Waals surface area contributed by atoms with E-state index in [1.807, 2.05) is 0 Å². The maximum absolute atomic E-state index is 5.66. The predicted molar refractivity (Wildman–Crippen MR) is 90.1 cm³/mol. The summed E-state index contributed by atoms with van der Waals surface area (Å²) in [6, 6.07) is 21.3. The van der Waals surface area contributed by atoms with Crippen LogP contribution in [0.1, 0.15) is 5.56 Å². The van der Waals surface area contributed by atoms with Crippen molar-refractivity contribution in [2.24, 2.45) is 5.73 Å². The normalized spacial score (nSPS) is 10.9. The highest BCUT2D eigenvalue weighted by molar-refractivity contribution is 9.10. The first kappa shape index (κ1) is 13.7. The number of nitrogens with two attached hydrogens (primary N) is 1. The van der Waals surface area contributed by atoms with E-state index in [0.717, 1.165) is 10.0 Å². The van der Waals surface area contributed by atoms with Crippen molar-refractivity contribution in [1.82, 2.24) is 0 Å². The summed E-state index contributed by atoms with van der Waals surface area (Å²) in [5.74, 6) is 0. The van der Waals surface area contributed by atoms with Crippen molar-refractivity contribution in [3.63, 3.8) is 0 Å². The molecule has 1 nitrogen and oxygen atoms in total. The Hall–Kier alpha value is -1.29. The third-order valence-electron chi connectivity index (χ3n) is 3.18. The van der Waals surface area contributed by atoms with Crippen LogP contribution < -0.4 is 5.73 Å². The van der Waals surface area contributed by atoms with E-state index >= 15 is 0 Å². The molecule has 3 heteroatoms. The molecule has 0 aliphatic heterocycles. The number of halogens is 1. The molecule has 0 amide bonds. The van der Waals surface area contributed by atoms with Crippen LogP contribution in [-0.2, 0) is 6.54 Å². The van der Waals surface area contributed by atoms with Gasteiger partial charge in [0.2, 0.25) is 0 Å². The van der Waals surface area contributed by atoms with Crippen molar-refractivity contribution in [2.75, 3.05) is 0 Å². The van der Waals surface area contributed by atoms with E-state index in [-0.39, 0.29) is 0 Å². The third-order valence-corrected chi connectivity index (χ3v) is 5.16. The fourth-order valence-electron chi connectivity index (χ4n) is 2.11. The van der Waals surface area contributed by atoms with Crippen LogP contribution in [0.3, 0.4) is 0 Å². The summed E-state index contributed by atoms with van der Waals surface area (Å²) in [7, 11) is 0. The monoisotopic (exact) mass is 343 g/mol. The highest BCUT2D eigenvalue weighted by Gasteiger charge is 2.04. The second-order valence-electron chi connectivity index (χ2n) is 4.58. The minimum atomic E-state index is 0.569. The molecule has 0 bridgehead atoms. The Morgan fingerprint density at radius 3 is 2.45 bits per heavy atom. The molecule has 3 rings (SSSR count). The fraction of sp³-hybridized carbons (Fsp3) is 0.0588. The lowest BCUT2D eigenvalue weighted by atomic mass is 10.1. The van der Waals surface area contributed by atoms with Crippen LogP contribution in [0.5, 0.6) is 0 Å². The van der Waals surface area contributed by atoms with Crippen LogP contribution in [0, 0.1) is 0 Å². The molecule has 0 radical (unpaired) electrons. The van der Waals surface area contributed by atoms with Gasteiger partial charge in [-0.25, -0.2) is 0 Å². The maximum atomic E-state index is 5.66. The Balaban J connectivity index is 1.92. The SMILES string of the molecule is NCc1ccc(Sc2ccc3ccccc3c2)c(Br)c1. The molecule has 0 aliphatic rings. The first-order valence-corrected chi connectivity index (χ1v) is 8.02. The molecule has 3 aromatic carbocycles. The highest BCUT2D eigenvalue weighted by atomic mass is 79.9. The van der Waals surface area contributed by atoms with Gasteiger partial charge in [0.25, 0.3) is 0 Å². The van der Waals surface area contributed by atoms with Crippen LogP contribution in [0.15, 0.2) is 74.9 Å². The smallest absolute Gasteiger partial charge is 0.0318 e. The van der Waals surface area contributed by atoms with Crippen molar-refractivity contribution in [3.8, 4) is 0 Å². The van der Waals surface area contributed by atoms with Crippen LogP contribution in [0.2, 0.25) is 0 Å². The zero-order valence-corrected chi connectivity index (χ0v) is 13.2. The molecule has 20 heavy (non-hydrogen) atoms. The average molecular weight is 344 g/mol. The fourth-order valence-corrected chi connectivity index (χ4v) is 3.65. The number of hydrogen-bond donors (Lipinski definition) is 1. The molecule has 0 saturated heterocycles. The molecule has 0 aromatic heterocycles. The molecule has 0 atom stereocenters. The van der Waals surface area contributed by atoms with E-state index in [2.05, 4.69) is 76.6 Å². The van der Waals surface area contributed by atoms with Crippen LogP contribution in [0.4, 0.5) is 0 Å². The van der Waals surface area contributed by atoms with Gasteiger partial charge in [-0.15, -0.1) is 0 Å². The lowest BCUT2D eigenvalue weighted by molar-refractivity contribution is 1.06. The zero-order valence-electron chi connectivity index (χ0n) is 10.8. The summed E-state index contributed by atoms with van der Waals surface area (Å²) in [4.78, 5) is 2.45. The molecular weight excluding hydrogens is 330 g/mol. The molecule has 3 aromatic rings. The first-order valence-electron chi connectivity index (χ1n) is 6.41.